The third kappa shape index (κ3) is 1.33. The van der Waals surface area contributed by atoms with Gasteiger partial charge in [-0.3, -0.25) is 4.40 Å². The summed E-state index contributed by atoms with van der Waals surface area (Å²) in [6.07, 6.45) is 5.26. The zero-order chi connectivity index (χ0) is 12.9. The maximum atomic E-state index is 11.0. The number of H-pyrrole nitrogens is 1. The van der Waals surface area contributed by atoms with Crippen molar-refractivity contribution in [2.75, 3.05) is 0 Å². The van der Waals surface area contributed by atoms with Crippen molar-refractivity contribution in [1.82, 2.24) is 23.9 Å². The highest BCUT2D eigenvalue weighted by molar-refractivity contribution is 5.87. The predicted molar refractivity (Wildman–Crippen MR) is 63.4 cm³/mol. The van der Waals surface area contributed by atoms with Gasteiger partial charge in [0.2, 0.25) is 5.78 Å². The first-order chi connectivity index (χ1) is 8.58. The summed E-state index contributed by atoms with van der Waals surface area (Å²) in [5.74, 6) is -0.507. The van der Waals surface area contributed by atoms with Crippen LogP contribution in [-0.2, 0) is 7.05 Å². The van der Waals surface area contributed by atoms with E-state index >= 15 is 0 Å². The number of fused-ring (bicyclic) bond motifs is 1. The second-order valence-electron chi connectivity index (χ2n) is 4.10. The summed E-state index contributed by atoms with van der Waals surface area (Å²) in [4.78, 5) is 22.1. The van der Waals surface area contributed by atoms with Crippen LogP contribution in [0.5, 0.6) is 0 Å². The summed E-state index contributed by atoms with van der Waals surface area (Å²) in [5.41, 5.74) is 2.43. The quantitative estimate of drug-likeness (QED) is 0.706. The average molecular weight is 245 g/mol. The van der Waals surface area contributed by atoms with Crippen molar-refractivity contribution in [2.24, 2.45) is 7.05 Å². The molecule has 0 bridgehead atoms. The number of imidazole rings is 3. The lowest BCUT2D eigenvalue weighted by Crippen LogP contribution is -1.99. The number of carbonyl (C=O) groups is 1. The first kappa shape index (κ1) is 10.6. The molecule has 0 aromatic carbocycles. The van der Waals surface area contributed by atoms with Gasteiger partial charge < -0.3 is 14.7 Å². The number of aryl methyl sites for hydroxylation is 2. The highest BCUT2D eigenvalue weighted by Crippen LogP contribution is 2.20. The van der Waals surface area contributed by atoms with Crippen molar-refractivity contribution in [3.8, 4) is 11.4 Å². The first-order valence-electron chi connectivity index (χ1n) is 5.35. The number of carboxylic acids is 1. The molecule has 7 nitrogen and oxygen atoms in total. The average Bonchev–Trinajstić information content (AvgIpc) is 2.95. The zero-order valence-electron chi connectivity index (χ0n) is 9.88. The smallest absolute Gasteiger partial charge is 0.356 e. The second-order valence-corrected chi connectivity index (χ2v) is 4.10. The molecule has 0 radical (unpaired) electrons. The van der Waals surface area contributed by atoms with Gasteiger partial charge >= 0.3 is 5.97 Å². The van der Waals surface area contributed by atoms with Crippen LogP contribution in [0.15, 0.2) is 18.7 Å². The number of hydrogen-bond acceptors (Lipinski definition) is 3. The molecule has 0 fully saturated rings. The van der Waals surface area contributed by atoms with Gasteiger partial charge in [0.05, 0.1) is 29.6 Å². The van der Waals surface area contributed by atoms with Crippen molar-refractivity contribution in [3.05, 3.63) is 30.1 Å². The summed E-state index contributed by atoms with van der Waals surface area (Å²) in [6, 6.07) is 0. The molecule has 0 aliphatic carbocycles. The highest BCUT2D eigenvalue weighted by Gasteiger charge is 2.17. The third-order valence-corrected chi connectivity index (χ3v) is 2.95. The SMILES string of the molecule is Cc1c(C(=O)O)nc2[nH]c(-c3cncn3C)cn12. The van der Waals surface area contributed by atoms with Crippen LogP contribution in [0.25, 0.3) is 17.2 Å². The number of hydrogen-bond donors (Lipinski definition) is 2. The lowest BCUT2D eigenvalue weighted by atomic mass is 10.3. The molecule has 0 amide bonds. The lowest BCUT2D eigenvalue weighted by Gasteiger charge is -1.97. The van der Waals surface area contributed by atoms with Crippen LogP contribution in [0.3, 0.4) is 0 Å². The molecule has 3 aromatic rings. The Bertz CT molecular complexity index is 749. The fourth-order valence-corrected chi connectivity index (χ4v) is 1.99. The Balaban J connectivity index is 2.19. The van der Waals surface area contributed by atoms with E-state index in [1.165, 1.54) is 0 Å². The van der Waals surface area contributed by atoms with Crippen LogP contribution in [0.4, 0.5) is 0 Å². The fourth-order valence-electron chi connectivity index (χ4n) is 1.99. The van der Waals surface area contributed by atoms with Crippen LogP contribution in [0.1, 0.15) is 16.2 Å². The zero-order valence-corrected chi connectivity index (χ0v) is 9.88. The number of carboxylic acid groups (broad SMARTS) is 1. The van der Waals surface area contributed by atoms with E-state index in [-0.39, 0.29) is 5.69 Å². The number of nitrogens with one attached hydrogen (secondary N) is 1. The monoisotopic (exact) mass is 245 g/mol. The molecule has 3 heterocycles. The van der Waals surface area contributed by atoms with Crippen molar-refractivity contribution < 1.29 is 9.90 Å². The van der Waals surface area contributed by atoms with Crippen LogP contribution in [-0.4, -0.2) is 35.0 Å². The normalized spacial score (nSPS) is 11.2. The van der Waals surface area contributed by atoms with Crippen LogP contribution in [0, 0.1) is 6.92 Å². The van der Waals surface area contributed by atoms with E-state index in [2.05, 4.69) is 15.0 Å². The Morgan fingerprint density at radius 2 is 2.28 bits per heavy atom. The molecule has 92 valence electrons. The summed E-state index contributed by atoms with van der Waals surface area (Å²) in [5, 5.41) is 8.98. The van der Waals surface area contributed by atoms with Gasteiger partial charge in [-0.25, -0.2) is 14.8 Å². The Morgan fingerprint density at radius 3 is 2.83 bits per heavy atom. The first-order valence-corrected chi connectivity index (χ1v) is 5.35. The van der Waals surface area contributed by atoms with Gasteiger partial charge in [-0.2, -0.15) is 0 Å². The number of aromatic carboxylic acids is 1. The summed E-state index contributed by atoms with van der Waals surface area (Å²) < 4.78 is 3.60. The highest BCUT2D eigenvalue weighted by atomic mass is 16.4. The molecule has 0 unspecified atom stereocenters. The van der Waals surface area contributed by atoms with E-state index in [4.69, 9.17) is 5.11 Å². The number of rotatable bonds is 2. The summed E-state index contributed by atoms with van der Waals surface area (Å²) >= 11 is 0. The fraction of sp³-hybridized carbons (Fsp3) is 0.182. The molecule has 7 heteroatoms. The molecule has 0 atom stereocenters. The minimum atomic E-state index is -1.02. The van der Waals surface area contributed by atoms with E-state index in [1.54, 1.807) is 23.8 Å². The van der Waals surface area contributed by atoms with E-state index < -0.39 is 5.97 Å². The van der Waals surface area contributed by atoms with E-state index in [9.17, 15) is 4.79 Å². The second kappa shape index (κ2) is 3.46. The number of aromatic nitrogens is 5. The lowest BCUT2D eigenvalue weighted by molar-refractivity contribution is 0.0690. The van der Waals surface area contributed by atoms with Gasteiger partial charge in [-0.05, 0) is 6.92 Å². The van der Waals surface area contributed by atoms with Gasteiger partial charge in [0, 0.05) is 13.2 Å². The Labute approximate surface area is 102 Å². The van der Waals surface area contributed by atoms with E-state index in [0.717, 1.165) is 11.4 Å². The number of aromatic amines is 1. The summed E-state index contributed by atoms with van der Waals surface area (Å²) in [6.45, 7) is 1.73. The molecule has 3 rings (SSSR count). The largest absolute Gasteiger partial charge is 0.476 e. The van der Waals surface area contributed by atoms with Gasteiger partial charge in [-0.15, -0.1) is 0 Å². The van der Waals surface area contributed by atoms with Crippen LogP contribution < -0.4 is 0 Å². The topological polar surface area (TPSA) is 88.2 Å². The van der Waals surface area contributed by atoms with Gasteiger partial charge in [-0.1, -0.05) is 0 Å². The van der Waals surface area contributed by atoms with Gasteiger partial charge in [0.15, 0.2) is 5.69 Å². The molecular weight excluding hydrogens is 234 g/mol. The third-order valence-electron chi connectivity index (χ3n) is 2.95. The molecule has 0 spiro atoms. The molecule has 18 heavy (non-hydrogen) atoms. The van der Waals surface area contributed by atoms with Crippen molar-refractivity contribution in [2.45, 2.75) is 6.92 Å². The maximum Gasteiger partial charge on any atom is 0.356 e. The van der Waals surface area contributed by atoms with Crippen LogP contribution >= 0.6 is 0 Å². The molecule has 3 aromatic heterocycles. The van der Waals surface area contributed by atoms with Crippen molar-refractivity contribution >= 4 is 11.7 Å². The van der Waals surface area contributed by atoms with E-state index in [1.807, 2.05) is 17.8 Å². The predicted octanol–water partition coefficient (Wildman–Crippen LogP) is 1.07. The molecule has 0 aliphatic rings. The van der Waals surface area contributed by atoms with Gasteiger partial charge in [0.1, 0.15) is 0 Å². The molecule has 0 aliphatic heterocycles. The minimum absolute atomic E-state index is 0.0674. The van der Waals surface area contributed by atoms with Gasteiger partial charge in [0.25, 0.3) is 0 Å². The van der Waals surface area contributed by atoms with E-state index in [0.29, 0.717) is 11.5 Å². The Kier molecular flexibility index (Phi) is 2.03. The van der Waals surface area contributed by atoms with Crippen molar-refractivity contribution in [1.29, 1.82) is 0 Å². The summed E-state index contributed by atoms with van der Waals surface area (Å²) in [7, 11) is 1.89. The standard InChI is InChI=1S/C11H11N5O2/c1-6-9(10(17)18)14-11-13-7(4-16(6)11)8-3-12-5-15(8)2/h3-5H,1-2H3,(H,13,14)(H,17,18). The Morgan fingerprint density at radius 1 is 1.50 bits per heavy atom. The molecule has 0 saturated carbocycles. The number of nitrogens with zero attached hydrogens (tertiary/aromatic N) is 4. The minimum Gasteiger partial charge on any atom is -0.476 e. The maximum absolute atomic E-state index is 11.0. The molecule has 2 N–H and O–H groups in total. The van der Waals surface area contributed by atoms with Crippen molar-refractivity contribution in [3.63, 3.8) is 0 Å². The molecule has 0 saturated heterocycles. The molecular formula is C11H11N5O2. The van der Waals surface area contributed by atoms with Crippen LogP contribution in [0.2, 0.25) is 0 Å². The Hall–Kier alpha value is -2.57.